The number of halogens is 1. The van der Waals surface area contributed by atoms with Crippen molar-refractivity contribution in [3.63, 3.8) is 0 Å². The number of nitrogens with one attached hydrogen (secondary N) is 1. The summed E-state index contributed by atoms with van der Waals surface area (Å²) in [6.07, 6.45) is 0.694. The monoisotopic (exact) mass is 455 g/mol. The van der Waals surface area contributed by atoms with Crippen LogP contribution in [0.2, 0.25) is 5.02 Å². The van der Waals surface area contributed by atoms with Gasteiger partial charge < -0.3 is 0 Å². The summed E-state index contributed by atoms with van der Waals surface area (Å²) in [5.74, 6) is 0.165. The molecule has 1 aromatic heterocycles. The Morgan fingerprint density at radius 2 is 1.73 bits per heavy atom. The molecule has 1 amide bonds. The van der Waals surface area contributed by atoms with Gasteiger partial charge in [-0.25, -0.2) is 10.4 Å². The number of carbonyl (C=O) groups is 1. The molecule has 1 heterocycles. The van der Waals surface area contributed by atoms with Crippen LogP contribution in [-0.4, -0.2) is 16.6 Å². The Hall–Kier alpha value is -3.50. The highest BCUT2D eigenvalue weighted by Crippen LogP contribution is 2.29. The predicted molar refractivity (Wildman–Crippen MR) is 137 cm³/mol. The van der Waals surface area contributed by atoms with Crippen LogP contribution in [0.25, 0.3) is 22.2 Å². The molecule has 1 N–H and O–H groups in total. The predicted octanol–water partition coefficient (Wildman–Crippen LogP) is 7.22. The molecule has 0 fully saturated rings. The van der Waals surface area contributed by atoms with Crippen LogP contribution in [0.1, 0.15) is 54.6 Å². The average molecular weight is 456 g/mol. The minimum atomic E-state index is -0.299. The molecule has 4 rings (SSSR count). The molecule has 0 aliphatic rings. The van der Waals surface area contributed by atoms with E-state index in [1.165, 1.54) is 5.56 Å². The first-order valence-electron chi connectivity index (χ1n) is 11.1. The molecule has 0 aliphatic carbocycles. The zero-order valence-electron chi connectivity index (χ0n) is 19.0. The largest absolute Gasteiger partial charge is 0.272 e. The molecule has 0 bridgehead atoms. The molecular weight excluding hydrogens is 430 g/mol. The summed E-state index contributed by atoms with van der Waals surface area (Å²) in [5.41, 5.74) is 8.51. The van der Waals surface area contributed by atoms with Gasteiger partial charge in [0, 0.05) is 10.9 Å². The van der Waals surface area contributed by atoms with E-state index in [0.717, 1.165) is 16.8 Å². The number of hydrogen-bond donors (Lipinski definition) is 1. The van der Waals surface area contributed by atoms with Crippen LogP contribution >= 0.6 is 11.6 Å². The fourth-order valence-electron chi connectivity index (χ4n) is 3.74. The molecule has 0 radical (unpaired) electrons. The lowest BCUT2D eigenvalue weighted by Gasteiger charge is -2.11. The summed E-state index contributed by atoms with van der Waals surface area (Å²) >= 11 is 6.44. The van der Waals surface area contributed by atoms with Crippen molar-refractivity contribution in [3.05, 3.63) is 101 Å². The smallest absolute Gasteiger partial charge is 0.267 e. The van der Waals surface area contributed by atoms with Crippen LogP contribution in [0.4, 0.5) is 0 Å². The Bertz CT molecular complexity index is 1310. The quantitative estimate of drug-likeness (QED) is 0.246. The molecule has 0 unspecified atom stereocenters. The lowest BCUT2D eigenvalue weighted by atomic mass is 10.00. The van der Waals surface area contributed by atoms with Crippen molar-refractivity contribution in [2.75, 3.05) is 0 Å². The Morgan fingerprint density at radius 1 is 1.00 bits per heavy atom. The van der Waals surface area contributed by atoms with Gasteiger partial charge in [0.1, 0.15) is 0 Å². The molecule has 0 saturated carbocycles. The van der Waals surface area contributed by atoms with Crippen molar-refractivity contribution < 1.29 is 4.79 Å². The molecule has 4 aromatic rings. The standard InChI is InChI=1S/C28H26ClN3O/c1-4-25(21-15-13-19(14-16-21)18(2)3)31-32-28(33)23-17-26(20-9-6-5-7-10-20)30-27-22(23)11-8-12-24(27)29/h5-18H,4H2,1-3H3,(H,32,33)/b31-25+. The summed E-state index contributed by atoms with van der Waals surface area (Å²) in [5, 5.41) is 5.65. The second-order valence-electron chi connectivity index (χ2n) is 8.19. The van der Waals surface area contributed by atoms with E-state index in [-0.39, 0.29) is 5.91 Å². The van der Waals surface area contributed by atoms with E-state index < -0.39 is 0 Å². The van der Waals surface area contributed by atoms with Gasteiger partial charge in [-0.05, 0) is 35.6 Å². The minimum Gasteiger partial charge on any atom is -0.267 e. The molecule has 0 spiro atoms. The Morgan fingerprint density at radius 3 is 2.39 bits per heavy atom. The number of aromatic nitrogens is 1. The highest BCUT2D eigenvalue weighted by Gasteiger charge is 2.16. The molecule has 4 nitrogen and oxygen atoms in total. The first-order chi connectivity index (χ1) is 16.0. The van der Waals surface area contributed by atoms with E-state index in [9.17, 15) is 4.79 Å². The summed E-state index contributed by atoms with van der Waals surface area (Å²) < 4.78 is 0. The van der Waals surface area contributed by atoms with Gasteiger partial charge in [-0.3, -0.25) is 4.79 Å². The zero-order valence-corrected chi connectivity index (χ0v) is 19.7. The fourth-order valence-corrected chi connectivity index (χ4v) is 3.96. The Balaban J connectivity index is 1.70. The number of amides is 1. The van der Waals surface area contributed by atoms with Gasteiger partial charge in [-0.1, -0.05) is 99.1 Å². The number of hydrazone groups is 1. The highest BCUT2D eigenvalue weighted by atomic mass is 35.5. The van der Waals surface area contributed by atoms with Crippen molar-refractivity contribution in [3.8, 4) is 11.3 Å². The topological polar surface area (TPSA) is 54.4 Å². The van der Waals surface area contributed by atoms with Crippen LogP contribution in [0, 0.1) is 0 Å². The minimum absolute atomic E-state index is 0.299. The zero-order chi connectivity index (χ0) is 23.4. The van der Waals surface area contributed by atoms with Gasteiger partial charge in [-0.2, -0.15) is 5.10 Å². The summed E-state index contributed by atoms with van der Waals surface area (Å²) in [7, 11) is 0. The Kier molecular flexibility index (Phi) is 6.85. The maximum atomic E-state index is 13.3. The van der Waals surface area contributed by atoms with Gasteiger partial charge in [0.15, 0.2) is 0 Å². The molecular formula is C28H26ClN3O. The van der Waals surface area contributed by atoms with E-state index in [4.69, 9.17) is 16.6 Å². The molecule has 33 heavy (non-hydrogen) atoms. The maximum Gasteiger partial charge on any atom is 0.272 e. The molecule has 0 saturated heterocycles. The number of fused-ring (bicyclic) bond motifs is 1. The fraction of sp³-hybridized carbons (Fsp3) is 0.179. The van der Waals surface area contributed by atoms with Gasteiger partial charge >= 0.3 is 0 Å². The van der Waals surface area contributed by atoms with E-state index in [1.807, 2.05) is 49.4 Å². The lowest BCUT2D eigenvalue weighted by molar-refractivity contribution is 0.0956. The SMILES string of the molecule is CC/C(=N\NC(=O)c1cc(-c2ccccc2)nc2c(Cl)cccc12)c1ccc(C(C)C)cc1. The number of para-hydroxylation sites is 1. The van der Waals surface area contributed by atoms with E-state index >= 15 is 0 Å². The van der Waals surface area contributed by atoms with E-state index in [2.05, 4.69) is 48.6 Å². The third-order valence-corrected chi connectivity index (χ3v) is 5.95. The second kappa shape index (κ2) is 9.97. The summed E-state index contributed by atoms with van der Waals surface area (Å²) in [6.45, 7) is 6.36. The summed E-state index contributed by atoms with van der Waals surface area (Å²) in [6, 6.07) is 25.3. The number of pyridine rings is 1. The molecule has 166 valence electrons. The van der Waals surface area contributed by atoms with Crippen LogP contribution in [0.15, 0.2) is 84.0 Å². The van der Waals surface area contributed by atoms with Gasteiger partial charge in [0.05, 0.1) is 27.5 Å². The number of nitrogens with zero attached hydrogens (tertiary/aromatic N) is 2. The first kappa shape index (κ1) is 22.7. The third kappa shape index (κ3) is 4.96. The Labute approximate surface area is 199 Å². The summed E-state index contributed by atoms with van der Waals surface area (Å²) in [4.78, 5) is 18.0. The lowest BCUT2D eigenvalue weighted by Crippen LogP contribution is -2.20. The van der Waals surface area contributed by atoms with Crippen LogP contribution in [0.3, 0.4) is 0 Å². The number of carbonyl (C=O) groups excluding carboxylic acids is 1. The van der Waals surface area contributed by atoms with E-state index in [0.29, 0.717) is 39.5 Å². The third-order valence-electron chi connectivity index (χ3n) is 5.64. The van der Waals surface area contributed by atoms with Gasteiger partial charge in [0.25, 0.3) is 5.91 Å². The van der Waals surface area contributed by atoms with Gasteiger partial charge in [0.2, 0.25) is 0 Å². The normalized spacial score (nSPS) is 11.7. The van der Waals surface area contributed by atoms with Crippen molar-refractivity contribution in [1.82, 2.24) is 10.4 Å². The van der Waals surface area contributed by atoms with Crippen LogP contribution in [0.5, 0.6) is 0 Å². The molecule has 0 aliphatic heterocycles. The first-order valence-corrected chi connectivity index (χ1v) is 11.5. The van der Waals surface area contributed by atoms with Crippen molar-refractivity contribution in [1.29, 1.82) is 0 Å². The number of hydrogen-bond acceptors (Lipinski definition) is 3. The van der Waals surface area contributed by atoms with Crippen molar-refractivity contribution >= 4 is 34.1 Å². The van der Waals surface area contributed by atoms with Gasteiger partial charge in [-0.15, -0.1) is 0 Å². The average Bonchev–Trinajstić information content (AvgIpc) is 2.85. The van der Waals surface area contributed by atoms with Crippen molar-refractivity contribution in [2.45, 2.75) is 33.1 Å². The van der Waals surface area contributed by atoms with E-state index in [1.54, 1.807) is 12.1 Å². The van der Waals surface area contributed by atoms with Crippen LogP contribution in [-0.2, 0) is 0 Å². The second-order valence-corrected chi connectivity index (χ2v) is 8.59. The maximum absolute atomic E-state index is 13.3. The number of benzene rings is 3. The molecule has 3 aromatic carbocycles. The molecule has 5 heteroatoms. The van der Waals surface area contributed by atoms with Crippen molar-refractivity contribution in [2.24, 2.45) is 5.10 Å². The highest BCUT2D eigenvalue weighted by molar-refractivity contribution is 6.35. The number of rotatable bonds is 6. The van der Waals surface area contributed by atoms with Crippen LogP contribution < -0.4 is 5.43 Å². The molecule has 0 atom stereocenters.